The molecule has 0 radical (unpaired) electrons. The Morgan fingerprint density at radius 2 is 1.21 bits per heavy atom. The van der Waals surface area contributed by atoms with Crippen molar-refractivity contribution in [1.82, 2.24) is 0 Å². The molecular formula is C22H44O2. The second-order valence-corrected chi connectivity index (χ2v) is 8.49. The van der Waals surface area contributed by atoms with Gasteiger partial charge in [0.1, 0.15) is 0 Å². The summed E-state index contributed by atoms with van der Waals surface area (Å²) in [6, 6.07) is 0. The molecule has 0 aliphatic heterocycles. The summed E-state index contributed by atoms with van der Waals surface area (Å²) in [4.78, 5) is 11.7. The predicted octanol–water partition coefficient (Wildman–Crippen LogP) is 7.16. The van der Waals surface area contributed by atoms with E-state index in [1.54, 1.807) is 0 Å². The molecule has 0 N–H and O–H groups in total. The lowest BCUT2D eigenvalue weighted by molar-refractivity contribution is -0.144. The molecule has 0 aliphatic rings. The van der Waals surface area contributed by atoms with Gasteiger partial charge in [0, 0.05) is 6.42 Å². The fraction of sp³-hybridized carbons (Fsp3) is 0.955. The van der Waals surface area contributed by atoms with E-state index in [0.717, 1.165) is 24.7 Å². The van der Waals surface area contributed by atoms with Crippen molar-refractivity contribution in [1.29, 1.82) is 0 Å². The molecule has 1 unspecified atom stereocenters. The van der Waals surface area contributed by atoms with Gasteiger partial charge in [0.25, 0.3) is 0 Å². The van der Waals surface area contributed by atoms with Gasteiger partial charge in [-0.2, -0.15) is 0 Å². The van der Waals surface area contributed by atoms with E-state index in [1.165, 1.54) is 57.8 Å². The SMILES string of the molecule is CC(C)CCCCCCCCC(=O)OCCC(C)CCCC(C)C. The topological polar surface area (TPSA) is 26.3 Å². The number of esters is 1. The number of rotatable bonds is 16. The van der Waals surface area contributed by atoms with Gasteiger partial charge in [-0.25, -0.2) is 0 Å². The van der Waals surface area contributed by atoms with Crippen LogP contribution in [0.15, 0.2) is 0 Å². The Bertz CT molecular complexity index is 284. The highest BCUT2D eigenvalue weighted by Gasteiger charge is 2.06. The maximum Gasteiger partial charge on any atom is 0.305 e. The molecule has 0 aromatic heterocycles. The molecule has 24 heavy (non-hydrogen) atoms. The fourth-order valence-corrected chi connectivity index (χ4v) is 2.99. The summed E-state index contributed by atoms with van der Waals surface area (Å²) in [5.41, 5.74) is 0. The summed E-state index contributed by atoms with van der Waals surface area (Å²) >= 11 is 0. The van der Waals surface area contributed by atoms with Crippen molar-refractivity contribution < 1.29 is 9.53 Å². The first-order valence-electron chi connectivity index (χ1n) is 10.6. The van der Waals surface area contributed by atoms with Crippen molar-refractivity contribution in [3.63, 3.8) is 0 Å². The van der Waals surface area contributed by atoms with E-state index in [1.807, 2.05) is 0 Å². The van der Waals surface area contributed by atoms with Crippen molar-refractivity contribution in [3.05, 3.63) is 0 Å². The Labute approximate surface area is 152 Å². The maximum atomic E-state index is 11.7. The molecule has 0 fully saturated rings. The average Bonchev–Trinajstić information content (AvgIpc) is 2.49. The number of carbonyl (C=O) groups excluding carboxylic acids is 1. The van der Waals surface area contributed by atoms with E-state index in [4.69, 9.17) is 4.74 Å². The number of ether oxygens (including phenoxy) is 1. The summed E-state index contributed by atoms with van der Waals surface area (Å²) in [5.74, 6) is 2.30. The van der Waals surface area contributed by atoms with Crippen LogP contribution in [0.25, 0.3) is 0 Å². The lowest BCUT2D eigenvalue weighted by atomic mass is 9.98. The first-order chi connectivity index (χ1) is 11.4. The lowest BCUT2D eigenvalue weighted by Crippen LogP contribution is -2.08. The van der Waals surface area contributed by atoms with Crippen molar-refractivity contribution in [2.75, 3.05) is 6.61 Å². The van der Waals surface area contributed by atoms with Gasteiger partial charge in [-0.05, 0) is 30.6 Å². The van der Waals surface area contributed by atoms with Crippen LogP contribution in [0.4, 0.5) is 0 Å². The first-order valence-corrected chi connectivity index (χ1v) is 10.6. The molecule has 0 bridgehead atoms. The number of hydrogen-bond acceptors (Lipinski definition) is 2. The van der Waals surface area contributed by atoms with Gasteiger partial charge < -0.3 is 4.74 Å². The van der Waals surface area contributed by atoms with Crippen molar-refractivity contribution >= 4 is 5.97 Å². The van der Waals surface area contributed by atoms with Crippen LogP contribution in [-0.4, -0.2) is 12.6 Å². The van der Waals surface area contributed by atoms with Gasteiger partial charge in [0.15, 0.2) is 0 Å². The standard InChI is InChI=1S/C22H44O2/c1-19(2)13-10-8-6-7-9-11-16-22(23)24-18-17-21(5)15-12-14-20(3)4/h19-21H,6-18H2,1-5H3. The van der Waals surface area contributed by atoms with E-state index in [9.17, 15) is 4.79 Å². The largest absolute Gasteiger partial charge is 0.466 e. The Hall–Kier alpha value is -0.530. The molecule has 0 aromatic rings. The molecule has 0 heterocycles. The zero-order valence-corrected chi connectivity index (χ0v) is 17.2. The summed E-state index contributed by atoms with van der Waals surface area (Å²) in [6.45, 7) is 12.0. The third-order valence-corrected chi connectivity index (χ3v) is 4.76. The van der Waals surface area contributed by atoms with Gasteiger partial charge in [-0.15, -0.1) is 0 Å². The highest BCUT2D eigenvalue weighted by molar-refractivity contribution is 5.69. The zero-order valence-electron chi connectivity index (χ0n) is 17.2. The van der Waals surface area contributed by atoms with Crippen LogP contribution in [0.5, 0.6) is 0 Å². The Balaban J connectivity index is 3.34. The molecule has 0 spiro atoms. The van der Waals surface area contributed by atoms with Crippen molar-refractivity contribution in [2.45, 2.75) is 112 Å². The van der Waals surface area contributed by atoms with Crippen LogP contribution in [0, 0.1) is 17.8 Å². The maximum absolute atomic E-state index is 11.7. The van der Waals surface area contributed by atoms with Crippen LogP contribution in [-0.2, 0) is 9.53 Å². The lowest BCUT2D eigenvalue weighted by Gasteiger charge is -2.12. The van der Waals surface area contributed by atoms with Crippen LogP contribution in [0.2, 0.25) is 0 Å². The number of carbonyl (C=O) groups is 1. The third kappa shape index (κ3) is 17.8. The monoisotopic (exact) mass is 340 g/mol. The third-order valence-electron chi connectivity index (χ3n) is 4.76. The first kappa shape index (κ1) is 23.5. The zero-order chi connectivity index (χ0) is 18.2. The molecule has 2 nitrogen and oxygen atoms in total. The molecule has 0 amide bonds. The quantitative estimate of drug-likeness (QED) is 0.220. The molecule has 0 aromatic carbocycles. The molecule has 1 atom stereocenters. The van der Waals surface area contributed by atoms with E-state index in [-0.39, 0.29) is 5.97 Å². The fourth-order valence-electron chi connectivity index (χ4n) is 2.99. The molecule has 144 valence electrons. The highest BCUT2D eigenvalue weighted by atomic mass is 16.5. The van der Waals surface area contributed by atoms with Gasteiger partial charge >= 0.3 is 5.97 Å². The second-order valence-electron chi connectivity index (χ2n) is 8.49. The van der Waals surface area contributed by atoms with Crippen molar-refractivity contribution in [2.24, 2.45) is 17.8 Å². The predicted molar refractivity (Wildman–Crippen MR) is 105 cm³/mol. The Morgan fingerprint density at radius 3 is 1.83 bits per heavy atom. The highest BCUT2D eigenvalue weighted by Crippen LogP contribution is 2.15. The van der Waals surface area contributed by atoms with E-state index >= 15 is 0 Å². The minimum atomic E-state index is 0.00388. The summed E-state index contributed by atoms with van der Waals surface area (Å²) < 4.78 is 5.37. The van der Waals surface area contributed by atoms with Crippen molar-refractivity contribution in [3.8, 4) is 0 Å². The van der Waals surface area contributed by atoms with E-state index in [0.29, 0.717) is 18.9 Å². The minimum Gasteiger partial charge on any atom is -0.466 e. The van der Waals surface area contributed by atoms with Crippen LogP contribution in [0.3, 0.4) is 0 Å². The van der Waals surface area contributed by atoms with Crippen LogP contribution < -0.4 is 0 Å². The summed E-state index contributed by atoms with van der Waals surface area (Å²) in [6.07, 6.45) is 14.3. The minimum absolute atomic E-state index is 0.00388. The molecule has 0 rings (SSSR count). The van der Waals surface area contributed by atoms with Crippen LogP contribution >= 0.6 is 0 Å². The molecule has 0 saturated carbocycles. The van der Waals surface area contributed by atoms with E-state index < -0.39 is 0 Å². The van der Waals surface area contributed by atoms with Gasteiger partial charge in [0.2, 0.25) is 0 Å². The Kier molecular flexibility index (Phi) is 15.6. The summed E-state index contributed by atoms with van der Waals surface area (Å²) in [5, 5.41) is 0. The number of unbranched alkanes of at least 4 members (excludes halogenated alkanes) is 5. The second kappa shape index (κ2) is 16.0. The average molecular weight is 341 g/mol. The summed E-state index contributed by atoms with van der Waals surface area (Å²) in [7, 11) is 0. The smallest absolute Gasteiger partial charge is 0.305 e. The molecular weight excluding hydrogens is 296 g/mol. The van der Waals surface area contributed by atoms with Crippen LogP contribution in [0.1, 0.15) is 112 Å². The normalized spacial score (nSPS) is 12.8. The number of hydrogen-bond donors (Lipinski definition) is 0. The Morgan fingerprint density at radius 1 is 0.667 bits per heavy atom. The van der Waals surface area contributed by atoms with Gasteiger partial charge in [-0.1, -0.05) is 92.4 Å². The molecule has 0 saturated heterocycles. The molecule has 2 heteroatoms. The van der Waals surface area contributed by atoms with Gasteiger partial charge in [0.05, 0.1) is 6.61 Å². The molecule has 0 aliphatic carbocycles. The van der Waals surface area contributed by atoms with E-state index in [2.05, 4.69) is 34.6 Å². The van der Waals surface area contributed by atoms with Gasteiger partial charge in [-0.3, -0.25) is 4.79 Å².